The Morgan fingerprint density at radius 1 is 1.06 bits per heavy atom. The van der Waals surface area contributed by atoms with Crippen molar-refractivity contribution in [3.05, 3.63) is 29.8 Å². The van der Waals surface area contributed by atoms with Gasteiger partial charge in [-0.3, -0.25) is 5.43 Å². The fourth-order valence-corrected chi connectivity index (χ4v) is 1.09. The second kappa shape index (κ2) is 6.09. The maximum absolute atomic E-state index is 8.55. The third-order valence-corrected chi connectivity index (χ3v) is 2.05. The summed E-state index contributed by atoms with van der Waals surface area (Å²) < 4.78 is 0. The highest BCUT2D eigenvalue weighted by Crippen LogP contribution is 2.08. The van der Waals surface area contributed by atoms with Crippen LogP contribution in [0.2, 0.25) is 0 Å². The summed E-state index contributed by atoms with van der Waals surface area (Å²) in [5.41, 5.74) is 14.9. The summed E-state index contributed by atoms with van der Waals surface area (Å²) in [6, 6.07) is 7.33. The molecule has 0 heterocycles. The minimum absolute atomic E-state index is 0.166. The van der Waals surface area contributed by atoms with Crippen molar-refractivity contribution in [1.29, 1.82) is 0 Å². The summed E-state index contributed by atoms with van der Waals surface area (Å²) in [4.78, 5) is 0. The third-order valence-electron chi connectivity index (χ3n) is 2.05. The largest absolute Gasteiger partial charge is 0.409 e. The van der Waals surface area contributed by atoms with Crippen LogP contribution in [-0.2, 0) is 0 Å². The highest BCUT2D eigenvalue weighted by Gasteiger charge is 2.11. The number of rotatable bonds is 4. The fraction of sp³-hybridized carbons (Fsp3) is 0.100. The van der Waals surface area contributed by atoms with Gasteiger partial charge in [-0.05, 0) is 19.1 Å². The van der Waals surface area contributed by atoms with Gasteiger partial charge in [-0.2, -0.15) is 5.10 Å². The highest BCUT2D eigenvalue weighted by atomic mass is 16.4. The number of nitrogens with one attached hydrogen (secondary N) is 1. The molecular weight excluding hydrogens is 236 g/mol. The van der Waals surface area contributed by atoms with Crippen molar-refractivity contribution in [2.75, 3.05) is 5.43 Å². The van der Waals surface area contributed by atoms with E-state index in [-0.39, 0.29) is 17.4 Å². The quantitative estimate of drug-likeness (QED) is 0.225. The van der Waals surface area contributed by atoms with Crippen molar-refractivity contribution in [1.82, 2.24) is 0 Å². The molecule has 96 valence electrons. The number of oxime groups is 2. The van der Waals surface area contributed by atoms with Crippen LogP contribution in [0.15, 0.2) is 39.7 Å². The fourth-order valence-electron chi connectivity index (χ4n) is 1.09. The van der Waals surface area contributed by atoms with Gasteiger partial charge < -0.3 is 21.9 Å². The Morgan fingerprint density at radius 2 is 1.56 bits per heavy atom. The Hall–Kier alpha value is -2.77. The van der Waals surface area contributed by atoms with Gasteiger partial charge in [0.15, 0.2) is 17.4 Å². The van der Waals surface area contributed by atoms with Gasteiger partial charge in [0.05, 0.1) is 5.69 Å². The number of aryl methyl sites for hydroxylation is 1. The van der Waals surface area contributed by atoms with Crippen LogP contribution in [0.3, 0.4) is 0 Å². The van der Waals surface area contributed by atoms with Crippen LogP contribution >= 0.6 is 0 Å². The summed E-state index contributed by atoms with van der Waals surface area (Å²) in [6.07, 6.45) is 0. The summed E-state index contributed by atoms with van der Waals surface area (Å²) in [6.45, 7) is 1.95. The second-order valence-corrected chi connectivity index (χ2v) is 3.41. The molecule has 0 radical (unpaired) electrons. The lowest BCUT2D eigenvalue weighted by Crippen LogP contribution is -2.36. The molecule has 8 nitrogen and oxygen atoms in total. The average molecular weight is 250 g/mol. The van der Waals surface area contributed by atoms with Crippen LogP contribution in [0.4, 0.5) is 5.69 Å². The molecule has 0 bridgehead atoms. The van der Waals surface area contributed by atoms with Crippen molar-refractivity contribution in [3.8, 4) is 0 Å². The zero-order valence-electron chi connectivity index (χ0n) is 9.70. The first-order chi connectivity index (χ1) is 8.58. The molecule has 0 spiro atoms. The molecule has 8 heteroatoms. The first-order valence-electron chi connectivity index (χ1n) is 4.94. The molecule has 1 rings (SSSR count). The van der Waals surface area contributed by atoms with Gasteiger partial charge in [0, 0.05) is 0 Å². The van der Waals surface area contributed by atoms with Crippen molar-refractivity contribution in [2.24, 2.45) is 26.9 Å². The maximum Gasteiger partial charge on any atom is 0.194 e. The van der Waals surface area contributed by atoms with Crippen LogP contribution in [0.1, 0.15) is 5.56 Å². The van der Waals surface area contributed by atoms with Crippen LogP contribution in [-0.4, -0.2) is 27.8 Å². The lowest BCUT2D eigenvalue weighted by Gasteiger charge is -2.04. The van der Waals surface area contributed by atoms with Crippen molar-refractivity contribution < 1.29 is 10.4 Å². The molecule has 0 aliphatic carbocycles. The molecule has 0 atom stereocenters. The normalized spacial score (nSPS) is 12.1. The predicted octanol–water partition coefficient (Wildman–Crippen LogP) is 0.256. The van der Waals surface area contributed by atoms with E-state index in [0.717, 1.165) is 5.56 Å². The predicted molar refractivity (Wildman–Crippen MR) is 69.1 cm³/mol. The van der Waals surface area contributed by atoms with Crippen molar-refractivity contribution in [2.45, 2.75) is 6.92 Å². The Bertz CT molecular complexity index is 472. The molecule has 0 fully saturated rings. The van der Waals surface area contributed by atoms with Gasteiger partial charge in [0.1, 0.15) is 0 Å². The van der Waals surface area contributed by atoms with Gasteiger partial charge in [-0.1, -0.05) is 28.0 Å². The Morgan fingerprint density at radius 3 is 2.00 bits per heavy atom. The van der Waals surface area contributed by atoms with E-state index in [4.69, 9.17) is 21.9 Å². The Balaban J connectivity index is 2.94. The standard InChI is InChI=1S/C10H14N6O2/c1-6-2-4-7(5-3-6)13-14-8(9(11)15-17)10(12)16-18/h2-5,13,17-18H,1H3,(H2,11,15)(H2,12,16). The Kier molecular flexibility index (Phi) is 4.50. The highest BCUT2D eigenvalue weighted by molar-refractivity contribution is 6.67. The van der Waals surface area contributed by atoms with Gasteiger partial charge >= 0.3 is 0 Å². The summed E-state index contributed by atoms with van der Waals surface area (Å²) in [5.74, 6) is -0.741. The molecule has 1 aromatic rings. The number of nitrogens with two attached hydrogens (primary N) is 2. The maximum atomic E-state index is 8.55. The van der Waals surface area contributed by atoms with E-state index in [1.165, 1.54) is 0 Å². The molecule has 0 unspecified atom stereocenters. The van der Waals surface area contributed by atoms with Crippen molar-refractivity contribution in [3.63, 3.8) is 0 Å². The monoisotopic (exact) mass is 250 g/mol. The van der Waals surface area contributed by atoms with E-state index in [1.807, 2.05) is 19.1 Å². The smallest absolute Gasteiger partial charge is 0.194 e. The van der Waals surface area contributed by atoms with Gasteiger partial charge in [0.25, 0.3) is 0 Å². The molecule has 0 aromatic heterocycles. The lowest BCUT2D eigenvalue weighted by molar-refractivity contribution is 0.318. The van der Waals surface area contributed by atoms with Crippen LogP contribution in [0.5, 0.6) is 0 Å². The molecule has 0 saturated heterocycles. The summed E-state index contributed by atoms with van der Waals surface area (Å²) in [5, 5.41) is 26.4. The molecule has 0 aliphatic rings. The van der Waals surface area contributed by atoms with E-state index in [9.17, 15) is 0 Å². The zero-order chi connectivity index (χ0) is 13.5. The second-order valence-electron chi connectivity index (χ2n) is 3.41. The average Bonchev–Trinajstić information content (AvgIpc) is 2.40. The number of benzene rings is 1. The van der Waals surface area contributed by atoms with E-state index < -0.39 is 0 Å². The van der Waals surface area contributed by atoms with Crippen LogP contribution in [0.25, 0.3) is 0 Å². The molecule has 18 heavy (non-hydrogen) atoms. The summed E-state index contributed by atoms with van der Waals surface area (Å²) >= 11 is 0. The van der Waals surface area contributed by atoms with Gasteiger partial charge in [-0.15, -0.1) is 0 Å². The lowest BCUT2D eigenvalue weighted by atomic mass is 10.2. The summed E-state index contributed by atoms with van der Waals surface area (Å²) in [7, 11) is 0. The minimum Gasteiger partial charge on any atom is -0.409 e. The number of hydrazone groups is 1. The van der Waals surface area contributed by atoms with E-state index in [2.05, 4.69) is 20.8 Å². The first kappa shape index (κ1) is 13.3. The van der Waals surface area contributed by atoms with Crippen LogP contribution in [0, 0.1) is 6.92 Å². The van der Waals surface area contributed by atoms with E-state index in [0.29, 0.717) is 5.69 Å². The SMILES string of the molecule is Cc1ccc(NN=C(/C(N)=N/O)/C(N)=N/O)cc1. The number of anilines is 1. The number of hydrogen-bond acceptors (Lipinski definition) is 6. The molecule has 0 saturated carbocycles. The zero-order valence-corrected chi connectivity index (χ0v) is 9.70. The molecule has 1 aromatic carbocycles. The van der Waals surface area contributed by atoms with Crippen molar-refractivity contribution >= 4 is 23.1 Å². The Labute approximate surface area is 103 Å². The molecule has 7 N–H and O–H groups in total. The van der Waals surface area contributed by atoms with Gasteiger partial charge in [0.2, 0.25) is 0 Å². The third kappa shape index (κ3) is 3.37. The van der Waals surface area contributed by atoms with E-state index >= 15 is 0 Å². The molecular formula is C10H14N6O2. The molecule has 0 amide bonds. The van der Waals surface area contributed by atoms with E-state index in [1.54, 1.807) is 12.1 Å². The number of amidine groups is 2. The number of nitrogens with zero attached hydrogens (tertiary/aromatic N) is 3. The molecule has 0 aliphatic heterocycles. The van der Waals surface area contributed by atoms with Crippen LogP contribution < -0.4 is 16.9 Å². The first-order valence-corrected chi connectivity index (χ1v) is 4.94. The topological polar surface area (TPSA) is 142 Å². The minimum atomic E-state index is -0.370. The van der Waals surface area contributed by atoms with Gasteiger partial charge in [-0.25, -0.2) is 0 Å². The number of hydrogen-bond donors (Lipinski definition) is 5.